The number of rotatable bonds is 7. The standard InChI is InChI=1S/C24H23F3N4O4/c1-2-22(32)35-15-5-3-4-13(8-15)19-9-14(6-7-28-19)29-23(33)21-12-34-24(31-21)30-20-11-17(26)16(25)10-18(20)27/h6-7,9-13,15H,2-5,8H2,1H3,(H,30,31)(H,28,29,33). The van der Waals surface area contributed by atoms with Crippen molar-refractivity contribution in [3.05, 3.63) is 65.6 Å². The highest BCUT2D eigenvalue weighted by Crippen LogP contribution is 2.34. The van der Waals surface area contributed by atoms with Crippen LogP contribution in [0.4, 0.5) is 30.6 Å². The molecule has 1 aromatic carbocycles. The van der Waals surface area contributed by atoms with Crippen molar-refractivity contribution < 1.29 is 31.9 Å². The van der Waals surface area contributed by atoms with Crippen molar-refractivity contribution >= 4 is 29.3 Å². The lowest BCUT2D eigenvalue weighted by Crippen LogP contribution is -2.25. The largest absolute Gasteiger partial charge is 0.462 e. The molecule has 0 bridgehead atoms. The van der Waals surface area contributed by atoms with Gasteiger partial charge in [-0.15, -0.1) is 0 Å². The van der Waals surface area contributed by atoms with Crippen LogP contribution in [0.15, 0.2) is 41.1 Å². The highest BCUT2D eigenvalue weighted by atomic mass is 19.2. The number of aromatic nitrogens is 2. The van der Waals surface area contributed by atoms with E-state index in [9.17, 15) is 22.8 Å². The molecule has 4 rings (SSSR count). The minimum atomic E-state index is -1.33. The highest BCUT2D eigenvalue weighted by Gasteiger charge is 2.27. The number of benzene rings is 1. The van der Waals surface area contributed by atoms with Crippen molar-refractivity contribution in [3.63, 3.8) is 0 Å². The van der Waals surface area contributed by atoms with Gasteiger partial charge in [0, 0.05) is 42.0 Å². The summed E-state index contributed by atoms with van der Waals surface area (Å²) in [6.45, 7) is 1.76. The molecule has 8 nitrogen and oxygen atoms in total. The predicted octanol–water partition coefficient (Wildman–Crippen LogP) is 5.46. The molecule has 2 aromatic heterocycles. The van der Waals surface area contributed by atoms with Crippen LogP contribution in [0.25, 0.3) is 0 Å². The Kier molecular flexibility index (Phi) is 7.33. The van der Waals surface area contributed by atoms with Gasteiger partial charge in [-0.1, -0.05) is 6.92 Å². The number of halogens is 3. The molecule has 1 aliphatic carbocycles. The average molecular weight is 488 g/mol. The first-order chi connectivity index (χ1) is 16.8. The van der Waals surface area contributed by atoms with E-state index in [-0.39, 0.29) is 29.7 Å². The van der Waals surface area contributed by atoms with Gasteiger partial charge in [-0.2, -0.15) is 4.98 Å². The number of pyridine rings is 1. The number of nitrogens with one attached hydrogen (secondary N) is 2. The minimum absolute atomic E-state index is 0.0871. The van der Waals surface area contributed by atoms with E-state index in [2.05, 4.69) is 20.6 Å². The molecule has 1 amide bonds. The van der Waals surface area contributed by atoms with Crippen LogP contribution < -0.4 is 10.6 Å². The van der Waals surface area contributed by atoms with Gasteiger partial charge < -0.3 is 19.8 Å². The smallest absolute Gasteiger partial charge is 0.305 e. The van der Waals surface area contributed by atoms with Crippen molar-refractivity contribution in [1.29, 1.82) is 0 Å². The number of nitrogens with zero attached hydrogens (tertiary/aromatic N) is 2. The molecule has 1 saturated carbocycles. The molecular weight excluding hydrogens is 465 g/mol. The zero-order valence-electron chi connectivity index (χ0n) is 18.8. The van der Waals surface area contributed by atoms with Crippen LogP contribution >= 0.6 is 0 Å². The van der Waals surface area contributed by atoms with Crippen LogP contribution in [0.3, 0.4) is 0 Å². The second-order valence-corrected chi connectivity index (χ2v) is 8.16. The van der Waals surface area contributed by atoms with E-state index in [0.29, 0.717) is 30.7 Å². The van der Waals surface area contributed by atoms with Gasteiger partial charge in [0.05, 0.1) is 5.69 Å². The summed E-state index contributed by atoms with van der Waals surface area (Å²) in [6.07, 6.45) is 6.07. The van der Waals surface area contributed by atoms with Gasteiger partial charge in [0.2, 0.25) is 0 Å². The fourth-order valence-electron chi connectivity index (χ4n) is 3.90. The van der Waals surface area contributed by atoms with Crippen molar-refractivity contribution in [3.8, 4) is 0 Å². The number of esters is 1. The van der Waals surface area contributed by atoms with Crippen LogP contribution in [0.1, 0.15) is 61.1 Å². The van der Waals surface area contributed by atoms with Crippen molar-refractivity contribution in [1.82, 2.24) is 9.97 Å². The summed E-state index contributed by atoms with van der Waals surface area (Å²) in [7, 11) is 0. The fourth-order valence-corrected chi connectivity index (χ4v) is 3.90. The maximum absolute atomic E-state index is 13.8. The summed E-state index contributed by atoms with van der Waals surface area (Å²) in [5, 5.41) is 5.07. The SMILES string of the molecule is CCC(=O)OC1CCCC(c2cc(NC(=O)c3coc(Nc4cc(F)c(F)cc4F)n3)ccn2)C1. The summed E-state index contributed by atoms with van der Waals surface area (Å²) in [5.41, 5.74) is 0.748. The van der Waals surface area contributed by atoms with Gasteiger partial charge in [-0.05, 0) is 37.8 Å². The number of hydrogen-bond donors (Lipinski definition) is 2. The number of ether oxygens (including phenoxy) is 1. The normalized spacial score (nSPS) is 17.6. The topological polar surface area (TPSA) is 106 Å². The first-order valence-electron chi connectivity index (χ1n) is 11.2. The molecule has 11 heteroatoms. The summed E-state index contributed by atoms with van der Waals surface area (Å²) < 4.78 is 50.9. The van der Waals surface area contributed by atoms with E-state index in [1.54, 1.807) is 25.3 Å². The second-order valence-electron chi connectivity index (χ2n) is 8.16. The molecule has 0 spiro atoms. The number of amides is 1. The first kappa shape index (κ1) is 24.2. The van der Waals surface area contributed by atoms with Gasteiger partial charge in [0.15, 0.2) is 17.3 Å². The van der Waals surface area contributed by atoms with E-state index in [1.807, 2.05) is 0 Å². The Morgan fingerprint density at radius 1 is 1.14 bits per heavy atom. The van der Waals surface area contributed by atoms with Gasteiger partial charge in [0.25, 0.3) is 11.9 Å². The lowest BCUT2D eigenvalue weighted by molar-refractivity contribution is -0.150. The molecule has 2 N–H and O–H groups in total. The molecule has 0 saturated heterocycles. The van der Waals surface area contributed by atoms with E-state index in [4.69, 9.17) is 9.15 Å². The lowest BCUT2D eigenvalue weighted by atomic mass is 9.84. The van der Waals surface area contributed by atoms with Crippen molar-refractivity contribution in [2.75, 3.05) is 10.6 Å². The number of oxazole rings is 1. The van der Waals surface area contributed by atoms with Crippen LogP contribution in [-0.2, 0) is 9.53 Å². The number of hydrogen-bond acceptors (Lipinski definition) is 7. The molecule has 0 aliphatic heterocycles. The highest BCUT2D eigenvalue weighted by molar-refractivity contribution is 6.02. The predicted molar refractivity (Wildman–Crippen MR) is 120 cm³/mol. The fraction of sp³-hybridized carbons (Fsp3) is 0.333. The van der Waals surface area contributed by atoms with Crippen molar-refractivity contribution in [2.24, 2.45) is 0 Å². The monoisotopic (exact) mass is 488 g/mol. The molecule has 1 aliphatic rings. The maximum atomic E-state index is 13.8. The van der Waals surface area contributed by atoms with Crippen LogP contribution in [0.5, 0.6) is 0 Å². The molecule has 1 fully saturated rings. The van der Waals surface area contributed by atoms with Gasteiger partial charge in [0.1, 0.15) is 18.2 Å². The van der Waals surface area contributed by atoms with Crippen LogP contribution in [0, 0.1) is 17.5 Å². The zero-order valence-corrected chi connectivity index (χ0v) is 18.8. The zero-order chi connectivity index (χ0) is 24.9. The Labute approximate surface area is 198 Å². The minimum Gasteiger partial charge on any atom is -0.462 e. The van der Waals surface area contributed by atoms with Gasteiger partial charge in [-0.25, -0.2) is 13.2 Å². The van der Waals surface area contributed by atoms with Gasteiger partial charge >= 0.3 is 5.97 Å². The third kappa shape index (κ3) is 5.97. The second kappa shape index (κ2) is 10.6. The van der Waals surface area contributed by atoms with E-state index < -0.39 is 29.0 Å². The quantitative estimate of drug-likeness (QED) is 0.336. The number of carbonyl (C=O) groups excluding carboxylic acids is 2. The maximum Gasteiger partial charge on any atom is 0.305 e. The average Bonchev–Trinajstić information content (AvgIpc) is 3.31. The number of anilines is 3. The molecule has 35 heavy (non-hydrogen) atoms. The lowest BCUT2D eigenvalue weighted by Gasteiger charge is -2.28. The van der Waals surface area contributed by atoms with E-state index in [0.717, 1.165) is 31.2 Å². The third-order valence-corrected chi connectivity index (χ3v) is 5.66. The Hall–Kier alpha value is -3.89. The summed E-state index contributed by atoms with van der Waals surface area (Å²) in [5.74, 6) is -4.36. The van der Waals surface area contributed by atoms with E-state index in [1.165, 1.54) is 0 Å². The van der Waals surface area contributed by atoms with Crippen LogP contribution in [0.2, 0.25) is 0 Å². The van der Waals surface area contributed by atoms with Crippen LogP contribution in [-0.4, -0.2) is 27.9 Å². The molecule has 2 unspecified atom stereocenters. The Bertz CT molecular complexity index is 1230. The van der Waals surface area contributed by atoms with E-state index >= 15 is 0 Å². The molecule has 2 atom stereocenters. The van der Waals surface area contributed by atoms with Crippen molar-refractivity contribution in [2.45, 2.75) is 51.0 Å². The third-order valence-electron chi connectivity index (χ3n) is 5.66. The van der Waals surface area contributed by atoms with Gasteiger partial charge in [-0.3, -0.25) is 14.6 Å². The Balaban J connectivity index is 1.40. The summed E-state index contributed by atoms with van der Waals surface area (Å²) in [4.78, 5) is 32.6. The molecule has 3 aromatic rings. The molecule has 0 radical (unpaired) electrons. The molecule has 2 heterocycles. The summed E-state index contributed by atoms with van der Waals surface area (Å²) in [6, 6.07) is 4.10. The molecule has 184 valence electrons. The first-order valence-corrected chi connectivity index (χ1v) is 11.2. The summed E-state index contributed by atoms with van der Waals surface area (Å²) >= 11 is 0. The number of carbonyl (C=O) groups is 2. The Morgan fingerprint density at radius 3 is 2.74 bits per heavy atom. The Morgan fingerprint density at radius 2 is 1.94 bits per heavy atom. The molecular formula is C24H23F3N4O4.